The molecule has 0 radical (unpaired) electrons. The number of carbonyl (C=O) groups excluding carboxylic acids is 2. The van der Waals surface area contributed by atoms with Gasteiger partial charge in [-0.2, -0.15) is 9.35 Å². The van der Waals surface area contributed by atoms with Crippen molar-refractivity contribution in [3.05, 3.63) is 11.6 Å². The lowest BCUT2D eigenvalue weighted by Crippen LogP contribution is -2.47. The van der Waals surface area contributed by atoms with Gasteiger partial charge < -0.3 is 15.2 Å². The van der Waals surface area contributed by atoms with Gasteiger partial charge in [0.1, 0.15) is 12.1 Å². The Morgan fingerprint density at radius 1 is 1.55 bits per heavy atom. The Morgan fingerprint density at radius 3 is 2.60 bits per heavy atom. The fourth-order valence-electron chi connectivity index (χ4n) is 2.45. The number of hydroxylamine groups is 2. The van der Waals surface area contributed by atoms with Gasteiger partial charge in [0.05, 0.1) is 6.54 Å². The fraction of sp³-hybridized carbons (Fsp3) is 0.600. The first-order chi connectivity index (χ1) is 9.11. The number of nitrogens with zero attached hydrogens (tertiary/aromatic N) is 2. The number of carbonyl (C=O) groups is 2. The van der Waals surface area contributed by atoms with Gasteiger partial charge in [-0.25, -0.2) is 13.2 Å². The summed E-state index contributed by atoms with van der Waals surface area (Å²) in [5, 5.41) is 0.497. The molecule has 2 atom stereocenters. The summed E-state index contributed by atoms with van der Waals surface area (Å²) in [4.78, 5) is 24.5. The first-order valence-corrected chi connectivity index (χ1v) is 7.21. The lowest BCUT2D eigenvalue weighted by atomic mass is 9.91. The quantitative estimate of drug-likeness (QED) is 0.399. The summed E-state index contributed by atoms with van der Waals surface area (Å²) in [5.41, 5.74) is 5.86. The summed E-state index contributed by atoms with van der Waals surface area (Å²) in [6.45, 7) is 3.67. The number of urea groups is 1. The van der Waals surface area contributed by atoms with Crippen LogP contribution in [0.3, 0.4) is 0 Å². The number of amides is 3. The van der Waals surface area contributed by atoms with E-state index in [1.807, 2.05) is 13.8 Å². The van der Waals surface area contributed by atoms with Crippen LogP contribution in [0, 0.1) is 5.92 Å². The maximum atomic E-state index is 12.0. The Bertz CT molecular complexity index is 584. The van der Waals surface area contributed by atoms with Crippen molar-refractivity contribution in [2.45, 2.75) is 25.9 Å². The van der Waals surface area contributed by atoms with Gasteiger partial charge in [0.15, 0.2) is 0 Å². The lowest BCUT2D eigenvalue weighted by Gasteiger charge is -2.29. The third-order valence-corrected chi connectivity index (χ3v) is 3.63. The average molecular weight is 304 g/mol. The standard InChI is InChI=1S/C10H15N3O6S/c1-5(2)6-3-7(9(11)14)12-4-8(6)13(10(12)15)19-20(16,17)18/h3,5,7-8H,4H2,1-2H3,(H2,11,14)(H,16,17,18)/p-1/t7-,8-/m0/s1. The summed E-state index contributed by atoms with van der Waals surface area (Å²) >= 11 is 0. The van der Waals surface area contributed by atoms with E-state index in [0.717, 1.165) is 4.90 Å². The minimum absolute atomic E-state index is 0.0476. The minimum atomic E-state index is -5.08. The number of hydrogen-bond acceptors (Lipinski definition) is 6. The topological polar surface area (TPSA) is 133 Å². The van der Waals surface area contributed by atoms with Gasteiger partial charge >= 0.3 is 6.03 Å². The number of fused-ring (bicyclic) bond motifs is 2. The molecule has 2 rings (SSSR count). The number of hydrogen-bond donors (Lipinski definition) is 1. The van der Waals surface area contributed by atoms with Crippen molar-refractivity contribution in [1.82, 2.24) is 9.96 Å². The molecule has 10 heteroatoms. The van der Waals surface area contributed by atoms with Crippen molar-refractivity contribution in [2.75, 3.05) is 6.54 Å². The van der Waals surface area contributed by atoms with E-state index in [2.05, 4.69) is 4.28 Å². The van der Waals surface area contributed by atoms with Gasteiger partial charge in [0, 0.05) is 0 Å². The van der Waals surface area contributed by atoms with Crippen LogP contribution in [0.2, 0.25) is 0 Å². The van der Waals surface area contributed by atoms with Gasteiger partial charge in [-0.1, -0.05) is 19.9 Å². The zero-order valence-electron chi connectivity index (χ0n) is 10.8. The summed E-state index contributed by atoms with van der Waals surface area (Å²) in [6, 6.07) is -2.56. The average Bonchev–Trinajstić information content (AvgIpc) is 2.53. The molecule has 1 fully saturated rings. The first kappa shape index (κ1) is 14.8. The summed E-state index contributed by atoms with van der Waals surface area (Å²) in [6.07, 6.45) is 1.51. The summed E-state index contributed by atoms with van der Waals surface area (Å²) in [7, 11) is -5.08. The van der Waals surface area contributed by atoms with Gasteiger partial charge in [-0.3, -0.25) is 4.79 Å². The predicted octanol–water partition coefficient (Wildman–Crippen LogP) is -1.07. The molecule has 2 N–H and O–H groups in total. The van der Waals surface area contributed by atoms with E-state index >= 15 is 0 Å². The molecular formula is C10H14N3O6S-. The second-order valence-corrected chi connectivity index (χ2v) is 5.89. The molecule has 0 saturated carbocycles. The largest absolute Gasteiger partial charge is 0.724 e. The molecule has 0 aromatic heterocycles. The molecule has 0 aliphatic carbocycles. The summed E-state index contributed by atoms with van der Waals surface area (Å²) < 4.78 is 36.3. The van der Waals surface area contributed by atoms with E-state index in [9.17, 15) is 22.6 Å². The van der Waals surface area contributed by atoms with Crippen LogP contribution in [0.5, 0.6) is 0 Å². The molecule has 0 aromatic carbocycles. The molecular weight excluding hydrogens is 290 g/mol. The second-order valence-electron chi connectivity index (χ2n) is 4.93. The number of primary amides is 1. The lowest BCUT2D eigenvalue weighted by molar-refractivity contribution is -0.120. The Kier molecular flexibility index (Phi) is 3.48. The Balaban J connectivity index is 2.41. The molecule has 20 heavy (non-hydrogen) atoms. The van der Waals surface area contributed by atoms with E-state index in [0.29, 0.717) is 10.6 Å². The molecule has 0 aromatic rings. The third-order valence-electron chi connectivity index (χ3n) is 3.29. The van der Waals surface area contributed by atoms with E-state index in [4.69, 9.17) is 5.73 Å². The van der Waals surface area contributed by atoms with Crippen LogP contribution in [-0.2, 0) is 19.5 Å². The van der Waals surface area contributed by atoms with Crippen LogP contribution in [-0.4, -0.2) is 53.5 Å². The highest BCUT2D eigenvalue weighted by molar-refractivity contribution is 7.80. The van der Waals surface area contributed by atoms with Crippen LogP contribution in [0.15, 0.2) is 11.6 Å². The van der Waals surface area contributed by atoms with Crippen LogP contribution in [0.1, 0.15) is 13.8 Å². The molecule has 1 saturated heterocycles. The molecule has 2 aliphatic heterocycles. The molecule has 2 heterocycles. The van der Waals surface area contributed by atoms with E-state index < -0.39 is 34.4 Å². The van der Waals surface area contributed by atoms with E-state index in [1.165, 1.54) is 6.08 Å². The highest BCUT2D eigenvalue weighted by Gasteiger charge is 2.49. The van der Waals surface area contributed by atoms with Crippen molar-refractivity contribution in [3.8, 4) is 0 Å². The van der Waals surface area contributed by atoms with Crippen LogP contribution in [0.25, 0.3) is 0 Å². The zero-order chi connectivity index (χ0) is 15.2. The zero-order valence-corrected chi connectivity index (χ0v) is 11.7. The molecule has 9 nitrogen and oxygen atoms in total. The van der Waals surface area contributed by atoms with Gasteiger partial charge in [-0.15, -0.1) is 0 Å². The Hall–Kier alpha value is -1.65. The van der Waals surface area contributed by atoms with Crippen LogP contribution < -0.4 is 5.73 Å². The maximum Gasteiger partial charge on any atom is 0.346 e. The van der Waals surface area contributed by atoms with E-state index in [-0.39, 0.29) is 12.5 Å². The predicted molar refractivity (Wildman–Crippen MR) is 64.4 cm³/mol. The second kappa shape index (κ2) is 4.72. The van der Waals surface area contributed by atoms with Gasteiger partial charge in [0.25, 0.3) is 0 Å². The van der Waals surface area contributed by atoms with Crippen LogP contribution >= 0.6 is 0 Å². The van der Waals surface area contributed by atoms with Gasteiger partial charge in [-0.05, 0) is 11.5 Å². The third kappa shape index (κ3) is 2.49. The number of rotatable bonds is 4. The Morgan fingerprint density at radius 2 is 2.15 bits per heavy atom. The molecule has 3 amide bonds. The minimum Gasteiger partial charge on any atom is -0.724 e. The van der Waals surface area contributed by atoms with Crippen molar-refractivity contribution in [2.24, 2.45) is 11.7 Å². The molecule has 0 unspecified atom stereocenters. The number of nitrogens with two attached hydrogens (primary N) is 1. The molecule has 0 spiro atoms. The summed E-state index contributed by atoms with van der Waals surface area (Å²) in [5.74, 6) is -0.808. The first-order valence-electron chi connectivity index (χ1n) is 5.88. The van der Waals surface area contributed by atoms with Gasteiger partial charge in [0.2, 0.25) is 16.3 Å². The fourth-order valence-corrected chi connectivity index (χ4v) is 2.81. The normalized spacial score (nSPS) is 26.2. The van der Waals surface area contributed by atoms with Crippen LogP contribution in [0.4, 0.5) is 4.79 Å². The SMILES string of the molecule is CC(C)C1=C[C@@H](C(N)=O)N2C[C@@H]1N(OS(=O)(=O)[O-])C2=O. The highest BCUT2D eigenvalue weighted by Crippen LogP contribution is 2.34. The molecule has 2 bridgehead atoms. The van der Waals surface area contributed by atoms with E-state index in [1.54, 1.807) is 0 Å². The maximum absolute atomic E-state index is 12.0. The molecule has 2 aliphatic rings. The van der Waals surface area contributed by atoms with Crippen molar-refractivity contribution < 1.29 is 26.8 Å². The smallest absolute Gasteiger partial charge is 0.346 e. The Labute approximate surface area is 115 Å². The molecule has 112 valence electrons. The van der Waals surface area contributed by atoms with Crippen molar-refractivity contribution in [1.29, 1.82) is 0 Å². The monoisotopic (exact) mass is 304 g/mol. The highest BCUT2D eigenvalue weighted by atomic mass is 32.3. The van der Waals surface area contributed by atoms with Crippen molar-refractivity contribution in [3.63, 3.8) is 0 Å². The van der Waals surface area contributed by atoms with Crippen molar-refractivity contribution >= 4 is 22.3 Å².